The molecule has 3 heterocycles. The lowest BCUT2D eigenvalue weighted by atomic mass is 9.98. The van der Waals surface area contributed by atoms with Crippen molar-refractivity contribution in [2.24, 2.45) is 0 Å². The number of thiocarbonyl (C=S) groups is 1. The second-order valence-corrected chi connectivity index (χ2v) is 8.13. The van der Waals surface area contributed by atoms with Crippen molar-refractivity contribution in [3.63, 3.8) is 0 Å². The van der Waals surface area contributed by atoms with Crippen LogP contribution in [0.5, 0.6) is 5.75 Å². The molecule has 2 aromatic carbocycles. The lowest BCUT2D eigenvalue weighted by Gasteiger charge is -2.42. The Bertz CT molecular complexity index is 1200. The summed E-state index contributed by atoms with van der Waals surface area (Å²) >= 11 is 11.9. The van der Waals surface area contributed by atoms with Crippen LogP contribution in [0.15, 0.2) is 72.4 Å². The minimum Gasteiger partial charge on any atom is -0.440 e. The molecule has 0 radical (unpaired) electrons. The number of nitrogens with one attached hydrogen (secondary N) is 1. The highest BCUT2D eigenvalue weighted by molar-refractivity contribution is 7.80. The third-order valence-electron chi connectivity index (χ3n) is 5.31. The van der Waals surface area contributed by atoms with Gasteiger partial charge in [-0.15, -0.1) is 0 Å². The predicted octanol–water partition coefficient (Wildman–Crippen LogP) is 5.47. The van der Waals surface area contributed by atoms with E-state index in [4.69, 9.17) is 28.6 Å². The molecule has 1 N–H and O–H groups in total. The molecule has 0 saturated heterocycles. The molecule has 0 fully saturated rings. The fraction of sp³-hybridized carbons (Fsp3) is 0.130. The van der Waals surface area contributed by atoms with Crippen LogP contribution in [-0.4, -0.2) is 9.97 Å². The molecule has 0 amide bonds. The van der Waals surface area contributed by atoms with Gasteiger partial charge < -0.3 is 10.1 Å². The van der Waals surface area contributed by atoms with Crippen molar-refractivity contribution in [2.75, 3.05) is 4.90 Å². The first-order chi connectivity index (χ1) is 14.5. The molecule has 0 saturated carbocycles. The zero-order valence-corrected chi connectivity index (χ0v) is 17.6. The Hall–Kier alpha value is -2.96. The molecule has 30 heavy (non-hydrogen) atoms. The summed E-state index contributed by atoms with van der Waals surface area (Å²) in [7, 11) is 0. The van der Waals surface area contributed by atoms with Gasteiger partial charge in [-0.1, -0.05) is 36.0 Å². The number of hydrogen-bond acceptors (Lipinski definition) is 4. The molecule has 0 aliphatic carbocycles. The van der Waals surface area contributed by atoms with Gasteiger partial charge in [0.05, 0.1) is 5.57 Å². The maximum absolute atomic E-state index is 14.5. The van der Waals surface area contributed by atoms with Crippen molar-refractivity contribution >= 4 is 34.5 Å². The van der Waals surface area contributed by atoms with Crippen LogP contribution in [0.3, 0.4) is 0 Å². The van der Waals surface area contributed by atoms with E-state index in [0.717, 1.165) is 16.7 Å². The highest BCUT2D eigenvalue weighted by Crippen LogP contribution is 2.41. The molecule has 7 heteroatoms. The topological polar surface area (TPSA) is 37.4 Å². The molecule has 1 aromatic heterocycles. The average Bonchev–Trinajstić information content (AvgIpc) is 2.75. The minimum absolute atomic E-state index is 0.282. The second kappa shape index (κ2) is 7.38. The normalized spacial score (nSPS) is 17.8. The standard InChI is InChI=1S/C23H17ClFN3OS/c1-13-4-6-17(11-19(13)25)28-21(14-3-2-8-26-12-14)27-22(30)18-10-15-9-16(24)5-7-20(15)29-23(18)28/h2-9,11-12,21H,10H2,1H3,(H,27,30)/t21-/m1/s1. The number of halogens is 2. The number of hydrogen-bond donors (Lipinski definition) is 1. The maximum Gasteiger partial charge on any atom is 0.208 e. The molecule has 1 atom stereocenters. The molecule has 3 aromatic rings. The van der Waals surface area contributed by atoms with Crippen molar-refractivity contribution in [3.8, 4) is 5.75 Å². The van der Waals surface area contributed by atoms with Gasteiger partial charge in [0.1, 0.15) is 22.7 Å². The van der Waals surface area contributed by atoms with Gasteiger partial charge >= 0.3 is 0 Å². The monoisotopic (exact) mass is 437 g/mol. The Kier molecular flexibility index (Phi) is 4.68. The summed E-state index contributed by atoms with van der Waals surface area (Å²) in [5.41, 5.74) is 3.92. The number of aromatic nitrogens is 1. The average molecular weight is 438 g/mol. The highest BCUT2D eigenvalue weighted by Gasteiger charge is 2.38. The number of benzene rings is 2. The van der Waals surface area contributed by atoms with Crippen LogP contribution >= 0.6 is 23.8 Å². The SMILES string of the molecule is Cc1ccc(N2C3=C(Cc4cc(Cl)ccc4O3)C(=S)N[C@H]2c2cccnc2)cc1F. The van der Waals surface area contributed by atoms with E-state index in [0.29, 0.717) is 39.3 Å². The van der Waals surface area contributed by atoms with Crippen molar-refractivity contribution in [1.29, 1.82) is 0 Å². The number of pyridine rings is 1. The summed E-state index contributed by atoms with van der Waals surface area (Å²) in [5.74, 6) is 1.02. The zero-order chi connectivity index (χ0) is 20.8. The largest absolute Gasteiger partial charge is 0.440 e. The third kappa shape index (κ3) is 3.22. The smallest absolute Gasteiger partial charge is 0.208 e. The number of aryl methyl sites for hydroxylation is 1. The van der Waals surface area contributed by atoms with E-state index in [1.165, 1.54) is 6.07 Å². The van der Waals surface area contributed by atoms with Crippen LogP contribution in [0.2, 0.25) is 5.02 Å². The second-order valence-electron chi connectivity index (χ2n) is 7.28. The molecule has 4 nitrogen and oxygen atoms in total. The number of rotatable bonds is 2. The first-order valence-electron chi connectivity index (χ1n) is 9.47. The summed E-state index contributed by atoms with van der Waals surface area (Å²) in [4.78, 5) is 6.76. The van der Waals surface area contributed by atoms with Gasteiger partial charge in [-0.3, -0.25) is 9.88 Å². The van der Waals surface area contributed by atoms with E-state index in [9.17, 15) is 4.39 Å². The molecule has 0 bridgehead atoms. The Morgan fingerprint density at radius 3 is 2.87 bits per heavy atom. The summed E-state index contributed by atoms with van der Waals surface area (Å²) < 4.78 is 20.8. The first-order valence-corrected chi connectivity index (χ1v) is 10.3. The fourth-order valence-electron chi connectivity index (χ4n) is 3.75. The van der Waals surface area contributed by atoms with Crippen LogP contribution < -0.4 is 15.0 Å². The summed E-state index contributed by atoms with van der Waals surface area (Å²) in [6.45, 7) is 1.74. The van der Waals surface area contributed by atoms with Gasteiger partial charge in [0.2, 0.25) is 5.88 Å². The van der Waals surface area contributed by atoms with E-state index in [1.54, 1.807) is 31.5 Å². The molecule has 0 unspecified atom stereocenters. The van der Waals surface area contributed by atoms with Gasteiger partial charge in [0.25, 0.3) is 0 Å². The first kappa shape index (κ1) is 19.0. The van der Waals surface area contributed by atoms with E-state index in [2.05, 4.69) is 10.3 Å². The Morgan fingerprint density at radius 1 is 1.23 bits per heavy atom. The summed E-state index contributed by atoms with van der Waals surface area (Å²) in [6, 6.07) is 14.5. The number of nitrogens with zero attached hydrogens (tertiary/aromatic N) is 2. The van der Waals surface area contributed by atoms with Crippen LogP contribution in [-0.2, 0) is 6.42 Å². The van der Waals surface area contributed by atoms with Crippen molar-refractivity contribution < 1.29 is 9.13 Å². The van der Waals surface area contributed by atoms with Crippen molar-refractivity contribution in [2.45, 2.75) is 19.5 Å². The molecule has 5 rings (SSSR count). The third-order valence-corrected chi connectivity index (χ3v) is 5.91. The van der Waals surface area contributed by atoms with Gasteiger partial charge in [-0.2, -0.15) is 0 Å². The minimum atomic E-state index is -0.388. The van der Waals surface area contributed by atoms with Crippen LogP contribution in [0, 0.1) is 12.7 Å². The van der Waals surface area contributed by atoms with Crippen LogP contribution in [0.1, 0.15) is 22.9 Å². The lowest BCUT2D eigenvalue weighted by molar-refractivity contribution is 0.359. The van der Waals surface area contributed by atoms with E-state index < -0.39 is 0 Å². The number of fused-ring (bicyclic) bond motifs is 1. The quantitative estimate of drug-likeness (QED) is 0.538. The van der Waals surface area contributed by atoms with Crippen LogP contribution in [0.4, 0.5) is 10.1 Å². The molecule has 2 aliphatic heterocycles. The molecule has 0 spiro atoms. The van der Waals surface area contributed by atoms with Gasteiger partial charge in [-0.25, -0.2) is 4.39 Å². The highest BCUT2D eigenvalue weighted by atomic mass is 35.5. The fourth-order valence-corrected chi connectivity index (χ4v) is 4.22. The molecule has 2 aliphatic rings. The van der Waals surface area contributed by atoms with E-state index in [1.807, 2.05) is 35.2 Å². The zero-order valence-electron chi connectivity index (χ0n) is 16.0. The van der Waals surface area contributed by atoms with Gasteiger partial charge in [0.15, 0.2) is 0 Å². The van der Waals surface area contributed by atoms with Crippen molar-refractivity contribution in [3.05, 3.63) is 99.9 Å². The Labute approximate surface area is 184 Å². The van der Waals surface area contributed by atoms with E-state index in [-0.39, 0.29) is 12.0 Å². The van der Waals surface area contributed by atoms with E-state index >= 15 is 0 Å². The van der Waals surface area contributed by atoms with Crippen molar-refractivity contribution in [1.82, 2.24) is 10.3 Å². The summed E-state index contributed by atoms with van der Waals surface area (Å²) in [6.07, 6.45) is 3.66. The maximum atomic E-state index is 14.5. The molecular weight excluding hydrogens is 421 g/mol. The number of ether oxygens (including phenoxy) is 1. The van der Waals surface area contributed by atoms with Gasteiger partial charge in [0, 0.05) is 40.7 Å². The van der Waals surface area contributed by atoms with Gasteiger partial charge in [-0.05, 0) is 48.9 Å². The molecule has 150 valence electrons. The predicted molar refractivity (Wildman–Crippen MR) is 119 cm³/mol. The van der Waals surface area contributed by atoms with Crippen LogP contribution in [0.25, 0.3) is 0 Å². The summed E-state index contributed by atoms with van der Waals surface area (Å²) in [5, 5.41) is 4.02. The Morgan fingerprint density at radius 2 is 2.10 bits per heavy atom. The lowest BCUT2D eigenvalue weighted by Crippen LogP contribution is -2.49. The molecular formula is C23H17ClFN3OS. The number of anilines is 1. The Balaban J connectivity index is 1.68.